The van der Waals surface area contributed by atoms with Crippen LogP contribution in [-0.2, 0) is 14.3 Å². The van der Waals surface area contributed by atoms with Gasteiger partial charge in [0.2, 0.25) is 5.91 Å². The molecule has 1 unspecified atom stereocenters. The Labute approximate surface area is 134 Å². The topological polar surface area (TPSA) is 49.9 Å². The van der Waals surface area contributed by atoms with E-state index in [4.69, 9.17) is 4.74 Å². The molecule has 5 nitrogen and oxygen atoms in total. The second kappa shape index (κ2) is 5.93. The molecule has 6 heteroatoms. The summed E-state index contributed by atoms with van der Waals surface area (Å²) in [7, 11) is 3.46. The summed E-state index contributed by atoms with van der Waals surface area (Å²) >= 11 is 1.52. The first-order chi connectivity index (χ1) is 10.6. The monoisotopic (exact) mass is 320 g/mol. The van der Waals surface area contributed by atoms with E-state index in [1.54, 1.807) is 24.0 Å². The van der Waals surface area contributed by atoms with Crippen molar-refractivity contribution in [1.29, 1.82) is 0 Å². The van der Waals surface area contributed by atoms with Crippen molar-refractivity contribution in [2.45, 2.75) is 29.0 Å². The fourth-order valence-corrected chi connectivity index (χ4v) is 4.64. The van der Waals surface area contributed by atoms with Crippen LogP contribution >= 0.6 is 11.8 Å². The Morgan fingerprint density at radius 2 is 2.23 bits per heavy atom. The second-order valence-electron chi connectivity index (χ2n) is 5.66. The van der Waals surface area contributed by atoms with Crippen molar-refractivity contribution in [2.75, 3.05) is 32.2 Å². The minimum absolute atomic E-state index is 0.00986. The number of benzene rings is 1. The van der Waals surface area contributed by atoms with Gasteiger partial charge in [-0.25, -0.2) is 0 Å². The van der Waals surface area contributed by atoms with Gasteiger partial charge in [-0.05, 0) is 25.0 Å². The molecule has 0 radical (unpaired) electrons. The zero-order valence-corrected chi connectivity index (χ0v) is 13.7. The maximum absolute atomic E-state index is 13.0. The van der Waals surface area contributed by atoms with Crippen LogP contribution in [0.1, 0.15) is 19.3 Å². The molecule has 22 heavy (non-hydrogen) atoms. The molecule has 2 aliphatic rings. The number of anilines is 1. The van der Waals surface area contributed by atoms with E-state index in [-0.39, 0.29) is 11.8 Å². The Hall–Kier alpha value is -1.53. The Bertz CT molecular complexity index is 607. The molecule has 0 aromatic heterocycles. The summed E-state index contributed by atoms with van der Waals surface area (Å²) in [6.07, 6.45) is 1.79. The highest BCUT2D eigenvalue weighted by Crippen LogP contribution is 2.56. The van der Waals surface area contributed by atoms with E-state index in [0.717, 1.165) is 17.0 Å². The molecule has 0 spiro atoms. The lowest BCUT2D eigenvalue weighted by Crippen LogP contribution is -2.53. The molecular formula is C16H20N2O3S. The van der Waals surface area contributed by atoms with Crippen LogP contribution in [-0.4, -0.2) is 48.9 Å². The average molecular weight is 320 g/mol. The molecule has 1 saturated heterocycles. The molecule has 0 N–H and O–H groups in total. The van der Waals surface area contributed by atoms with Gasteiger partial charge in [-0.1, -0.05) is 23.9 Å². The van der Waals surface area contributed by atoms with Gasteiger partial charge in [0.15, 0.2) is 4.87 Å². The second-order valence-corrected chi connectivity index (χ2v) is 6.98. The van der Waals surface area contributed by atoms with Crippen LogP contribution in [0.5, 0.6) is 0 Å². The Kier molecular flexibility index (Phi) is 4.14. The zero-order valence-electron chi connectivity index (χ0n) is 12.9. The van der Waals surface area contributed by atoms with Crippen LogP contribution in [0.25, 0.3) is 0 Å². The predicted octanol–water partition coefficient (Wildman–Crippen LogP) is 2.11. The van der Waals surface area contributed by atoms with Crippen LogP contribution in [0, 0.1) is 0 Å². The van der Waals surface area contributed by atoms with Crippen molar-refractivity contribution >= 4 is 29.3 Å². The number of ether oxygens (including phenoxy) is 1. The van der Waals surface area contributed by atoms with Gasteiger partial charge in [-0.2, -0.15) is 0 Å². The first-order valence-electron chi connectivity index (χ1n) is 7.46. The van der Waals surface area contributed by atoms with Gasteiger partial charge in [0.1, 0.15) is 0 Å². The lowest BCUT2D eigenvalue weighted by Gasteiger charge is -2.33. The first kappa shape index (κ1) is 15.4. The minimum atomic E-state index is -0.789. The molecule has 1 atom stereocenters. The SMILES string of the molecule is COCCCN(C)C(=O)C12CCC(=O)N1c1ccccc1S2. The molecular weight excluding hydrogens is 300 g/mol. The van der Waals surface area contributed by atoms with Crippen LogP contribution in [0.3, 0.4) is 0 Å². The van der Waals surface area contributed by atoms with Gasteiger partial charge in [0.25, 0.3) is 5.91 Å². The summed E-state index contributed by atoms with van der Waals surface area (Å²) in [6.45, 7) is 1.26. The van der Waals surface area contributed by atoms with Crippen LogP contribution in [0.4, 0.5) is 5.69 Å². The summed E-state index contributed by atoms with van der Waals surface area (Å²) in [6, 6.07) is 7.75. The molecule has 0 aliphatic carbocycles. The number of fused-ring (bicyclic) bond motifs is 3. The van der Waals surface area contributed by atoms with E-state index >= 15 is 0 Å². The average Bonchev–Trinajstić information content (AvgIpc) is 3.03. The number of carbonyl (C=O) groups is 2. The third-order valence-electron chi connectivity index (χ3n) is 4.20. The smallest absolute Gasteiger partial charge is 0.259 e. The number of amides is 2. The first-order valence-corrected chi connectivity index (χ1v) is 8.27. The van der Waals surface area contributed by atoms with Crippen LogP contribution < -0.4 is 4.90 Å². The minimum Gasteiger partial charge on any atom is -0.385 e. The van der Waals surface area contributed by atoms with Crippen molar-refractivity contribution in [3.8, 4) is 0 Å². The Balaban J connectivity index is 1.86. The highest BCUT2D eigenvalue weighted by molar-refractivity contribution is 8.02. The van der Waals surface area contributed by atoms with Gasteiger partial charge in [-0.15, -0.1) is 0 Å². The van der Waals surface area contributed by atoms with E-state index in [9.17, 15) is 9.59 Å². The summed E-state index contributed by atoms with van der Waals surface area (Å²) in [5.74, 6) is 0.0479. The molecule has 2 heterocycles. The van der Waals surface area contributed by atoms with Crippen molar-refractivity contribution in [3.05, 3.63) is 24.3 Å². The lowest BCUT2D eigenvalue weighted by molar-refractivity contribution is -0.133. The number of nitrogens with zero attached hydrogens (tertiary/aromatic N) is 2. The molecule has 1 aromatic carbocycles. The summed E-state index contributed by atoms with van der Waals surface area (Å²) < 4.78 is 5.04. The lowest BCUT2D eigenvalue weighted by atomic mass is 10.1. The number of thioether (sulfide) groups is 1. The normalized spacial score (nSPS) is 22.6. The van der Waals surface area contributed by atoms with E-state index in [1.807, 2.05) is 24.3 Å². The van der Waals surface area contributed by atoms with Gasteiger partial charge >= 0.3 is 0 Å². The predicted molar refractivity (Wildman–Crippen MR) is 85.9 cm³/mol. The van der Waals surface area contributed by atoms with Gasteiger partial charge < -0.3 is 9.64 Å². The van der Waals surface area contributed by atoms with Crippen molar-refractivity contribution in [2.24, 2.45) is 0 Å². The summed E-state index contributed by atoms with van der Waals surface area (Å²) in [5.41, 5.74) is 0.869. The highest BCUT2D eigenvalue weighted by Gasteiger charge is 2.58. The van der Waals surface area contributed by atoms with Gasteiger partial charge in [0.05, 0.1) is 5.69 Å². The third-order valence-corrected chi connectivity index (χ3v) is 5.66. The van der Waals surface area contributed by atoms with E-state index in [2.05, 4.69) is 0 Å². The highest BCUT2D eigenvalue weighted by atomic mass is 32.2. The molecule has 2 aliphatic heterocycles. The zero-order chi connectivity index (χ0) is 15.7. The number of carbonyl (C=O) groups excluding carboxylic acids is 2. The molecule has 3 rings (SSSR count). The van der Waals surface area contributed by atoms with E-state index in [1.165, 1.54) is 11.8 Å². The molecule has 1 fully saturated rings. The van der Waals surface area contributed by atoms with Crippen molar-refractivity contribution < 1.29 is 14.3 Å². The number of hydrogen-bond acceptors (Lipinski definition) is 4. The van der Waals surface area contributed by atoms with E-state index < -0.39 is 4.87 Å². The fraction of sp³-hybridized carbons (Fsp3) is 0.500. The number of methoxy groups -OCH3 is 1. The molecule has 0 bridgehead atoms. The molecule has 2 amide bonds. The van der Waals surface area contributed by atoms with Crippen molar-refractivity contribution in [1.82, 2.24) is 4.90 Å². The number of rotatable bonds is 5. The Morgan fingerprint density at radius 3 is 3.00 bits per heavy atom. The standard InChI is InChI=1S/C16H20N2O3S/c1-17(10-5-11-21-2)15(20)16-9-8-14(19)18(16)12-6-3-4-7-13(12)22-16/h3-4,6-7H,5,8-11H2,1-2H3. The van der Waals surface area contributed by atoms with E-state index in [0.29, 0.717) is 26.0 Å². The van der Waals surface area contributed by atoms with Crippen LogP contribution in [0.15, 0.2) is 29.2 Å². The van der Waals surface area contributed by atoms with Gasteiger partial charge in [0, 0.05) is 38.6 Å². The Morgan fingerprint density at radius 1 is 1.45 bits per heavy atom. The molecule has 0 saturated carbocycles. The number of hydrogen-bond donors (Lipinski definition) is 0. The van der Waals surface area contributed by atoms with Gasteiger partial charge in [-0.3, -0.25) is 14.5 Å². The maximum Gasteiger partial charge on any atom is 0.259 e. The van der Waals surface area contributed by atoms with Crippen molar-refractivity contribution in [3.63, 3.8) is 0 Å². The number of para-hydroxylation sites is 1. The largest absolute Gasteiger partial charge is 0.385 e. The number of likely N-dealkylation sites (N-methyl/N-ethyl adjacent to an activating group) is 1. The molecule has 1 aromatic rings. The van der Waals surface area contributed by atoms with Crippen LogP contribution in [0.2, 0.25) is 0 Å². The third kappa shape index (κ3) is 2.30. The fourth-order valence-electron chi connectivity index (χ4n) is 3.13. The summed E-state index contributed by atoms with van der Waals surface area (Å²) in [5, 5.41) is 0. The summed E-state index contributed by atoms with van der Waals surface area (Å²) in [4.78, 5) is 29.0. The quantitative estimate of drug-likeness (QED) is 0.780. The maximum atomic E-state index is 13.0. The molecule has 118 valence electrons.